The zero-order valence-corrected chi connectivity index (χ0v) is 13.8. The Morgan fingerprint density at radius 2 is 1.64 bits per heavy atom. The summed E-state index contributed by atoms with van der Waals surface area (Å²) in [7, 11) is 3.92. The first kappa shape index (κ1) is 16.4. The summed E-state index contributed by atoms with van der Waals surface area (Å²) in [6, 6.07) is 12.8. The standard InChI is InChI=1S/C17H16Cl2N2O/c1-21(2)13-8-6-12(7-9-13)20-17(22)11-10-14-15(18)4-3-5-16(14)19/h3-11H,1-2H3,(H,20,22)/b11-10+. The summed E-state index contributed by atoms with van der Waals surface area (Å²) in [6.45, 7) is 0. The van der Waals surface area contributed by atoms with Crippen LogP contribution >= 0.6 is 23.2 Å². The van der Waals surface area contributed by atoms with Crippen molar-refractivity contribution in [2.75, 3.05) is 24.3 Å². The van der Waals surface area contributed by atoms with Crippen molar-refractivity contribution in [3.63, 3.8) is 0 Å². The molecular weight excluding hydrogens is 319 g/mol. The minimum absolute atomic E-state index is 0.242. The van der Waals surface area contributed by atoms with Crippen molar-refractivity contribution in [3.8, 4) is 0 Å². The number of nitrogens with zero attached hydrogens (tertiary/aromatic N) is 1. The van der Waals surface area contributed by atoms with Gasteiger partial charge in [0.2, 0.25) is 5.91 Å². The van der Waals surface area contributed by atoms with Gasteiger partial charge in [-0.25, -0.2) is 0 Å². The van der Waals surface area contributed by atoms with Gasteiger partial charge >= 0.3 is 0 Å². The molecule has 1 amide bonds. The maximum atomic E-state index is 11.9. The Morgan fingerprint density at radius 3 is 2.18 bits per heavy atom. The molecule has 0 spiro atoms. The largest absolute Gasteiger partial charge is 0.378 e. The first-order valence-electron chi connectivity index (χ1n) is 6.68. The third-order valence-corrected chi connectivity index (χ3v) is 3.71. The molecule has 22 heavy (non-hydrogen) atoms. The van der Waals surface area contributed by atoms with Crippen LogP contribution in [0.5, 0.6) is 0 Å². The van der Waals surface area contributed by atoms with E-state index in [-0.39, 0.29) is 5.91 Å². The molecule has 0 saturated heterocycles. The molecule has 0 aliphatic rings. The van der Waals surface area contributed by atoms with E-state index < -0.39 is 0 Å². The van der Waals surface area contributed by atoms with E-state index in [0.29, 0.717) is 15.6 Å². The summed E-state index contributed by atoms with van der Waals surface area (Å²) in [5.41, 5.74) is 2.42. The fraction of sp³-hybridized carbons (Fsp3) is 0.118. The molecule has 0 aliphatic heterocycles. The number of carbonyl (C=O) groups excluding carboxylic acids is 1. The van der Waals surface area contributed by atoms with Crippen LogP contribution in [0.1, 0.15) is 5.56 Å². The van der Waals surface area contributed by atoms with Crippen LogP contribution in [-0.2, 0) is 4.79 Å². The second-order valence-electron chi connectivity index (χ2n) is 4.90. The molecule has 0 unspecified atom stereocenters. The van der Waals surface area contributed by atoms with Gasteiger partial charge in [-0.15, -0.1) is 0 Å². The van der Waals surface area contributed by atoms with Gasteiger partial charge in [0.15, 0.2) is 0 Å². The van der Waals surface area contributed by atoms with Crippen LogP contribution in [0, 0.1) is 0 Å². The summed E-state index contributed by atoms with van der Waals surface area (Å²) in [6.07, 6.45) is 3.02. The summed E-state index contributed by atoms with van der Waals surface area (Å²) in [4.78, 5) is 13.9. The number of hydrogen-bond acceptors (Lipinski definition) is 2. The van der Waals surface area contributed by atoms with Crippen molar-refractivity contribution < 1.29 is 4.79 Å². The second kappa shape index (κ2) is 7.34. The molecule has 2 aromatic rings. The van der Waals surface area contributed by atoms with Crippen LogP contribution in [0.15, 0.2) is 48.5 Å². The third-order valence-electron chi connectivity index (χ3n) is 3.05. The van der Waals surface area contributed by atoms with E-state index in [0.717, 1.165) is 11.4 Å². The fourth-order valence-corrected chi connectivity index (χ4v) is 2.38. The van der Waals surface area contributed by atoms with Crippen molar-refractivity contribution in [1.82, 2.24) is 0 Å². The lowest BCUT2D eigenvalue weighted by molar-refractivity contribution is -0.111. The number of amides is 1. The Balaban J connectivity index is 2.05. The maximum absolute atomic E-state index is 11.9. The van der Waals surface area contributed by atoms with E-state index in [1.807, 2.05) is 43.3 Å². The van der Waals surface area contributed by atoms with Crippen molar-refractivity contribution >= 4 is 46.6 Å². The average molecular weight is 335 g/mol. The van der Waals surface area contributed by atoms with Crippen molar-refractivity contribution in [2.24, 2.45) is 0 Å². The molecule has 2 rings (SSSR count). The first-order valence-corrected chi connectivity index (χ1v) is 7.43. The first-order chi connectivity index (χ1) is 10.5. The molecule has 0 fully saturated rings. The minimum Gasteiger partial charge on any atom is -0.378 e. The van der Waals surface area contributed by atoms with Crippen LogP contribution in [0.25, 0.3) is 6.08 Å². The van der Waals surface area contributed by atoms with Gasteiger partial charge in [0, 0.05) is 47.2 Å². The molecular formula is C17H16Cl2N2O. The van der Waals surface area contributed by atoms with Gasteiger partial charge in [0.25, 0.3) is 0 Å². The smallest absolute Gasteiger partial charge is 0.248 e. The molecule has 0 bridgehead atoms. The zero-order valence-electron chi connectivity index (χ0n) is 12.3. The monoisotopic (exact) mass is 334 g/mol. The highest BCUT2D eigenvalue weighted by Gasteiger charge is 2.03. The van der Waals surface area contributed by atoms with Crippen molar-refractivity contribution in [1.29, 1.82) is 0 Å². The molecule has 0 heterocycles. The molecule has 3 nitrogen and oxygen atoms in total. The van der Waals surface area contributed by atoms with Gasteiger partial charge in [-0.2, -0.15) is 0 Å². The lowest BCUT2D eigenvalue weighted by atomic mass is 10.2. The van der Waals surface area contributed by atoms with Crippen LogP contribution in [0.3, 0.4) is 0 Å². The lowest BCUT2D eigenvalue weighted by Gasteiger charge is -2.12. The molecule has 5 heteroatoms. The summed E-state index contributed by atoms with van der Waals surface area (Å²) in [5, 5.41) is 3.80. The highest BCUT2D eigenvalue weighted by molar-refractivity contribution is 6.37. The zero-order chi connectivity index (χ0) is 16.1. The number of rotatable bonds is 4. The van der Waals surface area contributed by atoms with E-state index in [9.17, 15) is 4.79 Å². The Bertz CT molecular complexity index is 674. The van der Waals surface area contributed by atoms with Crippen LogP contribution in [-0.4, -0.2) is 20.0 Å². The lowest BCUT2D eigenvalue weighted by Crippen LogP contribution is -2.10. The predicted molar refractivity (Wildman–Crippen MR) is 94.9 cm³/mol. The molecule has 1 N–H and O–H groups in total. The molecule has 0 radical (unpaired) electrons. The number of hydrogen-bond donors (Lipinski definition) is 1. The predicted octanol–water partition coefficient (Wildman–Crippen LogP) is 4.71. The van der Waals surface area contributed by atoms with E-state index in [4.69, 9.17) is 23.2 Å². The number of halogens is 2. The summed E-state index contributed by atoms with van der Waals surface area (Å²) < 4.78 is 0. The summed E-state index contributed by atoms with van der Waals surface area (Å²) >= 11 is 12.1. The average Bonchev–Trinajstić information content (AvgIpc) is 2.47. The van der Waals surface area contributed by atoms with E-state index >= 15 is 0 Å². The number of anilines is 2. The van der Waals surface area contributed by atoms with Gasteiger partial charge in [-0.1, -0.05) is 29.3 Å². The molecule has 114 valence electrons. The van der Waals surface area contributed by atoms with E-state index in [1.165, 1.54) is 6.08 Å². The molecule has 0 atom stereocenters. The second-order valence-corrected chi connectivity index (χ2v) is 5.71. The van der Waals surface area contributed by atoms with Gasteiger partial charge in [0.1, 0.15) is 0 Å². The number of carbonyl (C=O) groups is 1. The van der Waals surface area contributed by atoms with Gasteiger partial charge in [-0.05, 0) is 42.5 Å². The van der Waals surface area contributed by atoms with Gasteiger partial charge in [-0.3, -0.25) is 4.79 Å². The maximum Gasteiger partial charge on any atom is 0.248 e. The van der Waals surface area contributed by atoms with Gasteiger partial charge in [0.05, 0.1) is 0 Å². The number of benzene rings is 2. The fourth-order valence-electron chi connectivity index (χ4n) is 1.86. The number of nitrogens with one attached hydrogen (secondary N) is 1. The third kappa shape index (κ3) is 4.26. The normalized spacial score (nSPS) is 10.7. The van der Waals surface area contributed by atoms with E-state index in [2.05, 4.69) is 5.32 Å². The Hall–Kier alpha value is -1.97. The summed E-state index contributed by atoms with van der Waals surface area (Å²) in [5.74, 6) is -0.242. The van der Waals surface area contributed by atoms with Crippen LogP contribution < -0.4 is 10.2 Å². The van der Waals surface area contributed by atoms with Gasteiger partial charge < -0.3 is 10.2 Å². The van der Waals surface area contributed by atoms with E-state index in [1.54, 1.807) is 24.3 Å². The Morgan fingerprint density at radius 1 is 1.05 bits per heavy atom. The molecule has 2 aromatic carbocycles. The Labute approximate surface area is 140 Å². The molecule has 0 aliphatic carbocycles. The highest BCUT2D eigenvalue weighted by Crippen LogP contribution is 2.25. The SMILES string of the molecule is CN(C)c1ccc(NC(=O)/C=C/c2c(Cl)cccc2Cl)cc1. The van der Waals surface area contributed by atoms with Crippen LogP contribution in [0.2, 0.25) is 10.0 Å². The minimum atomic E-state index is -0.242. The highest BCUT2D eigenvalue weighted by atomic mass is 35.5. The topological polar surface area (TPSA) is 32.3 Å². The molecule has 0 saturated carbocycles. The molecule has 0 aromatic heterocycles. The van der Waals surface area contributed by atoms with Crippen molar-refractivity contribution in [3.05, 3.63) is 64.1 Å². The quantitative estimate of drug-likeness (QED) is 0.821. The van der Waals surface area contributed by atoms with Crippen LogP contribution in [0.4, 0.5) is 11.4 Å². The Kier molecular flexibility index (Phi) is 5.47. The van der Waals surface area contributed by atoms with Crippen molar-refractivity contribution in [2.45, 2.75) is 0 Å².